The number of esters is 1. The molecule has 5 unspecified atom stereocenters. The minimum Gasteiger partial charge on any atom is -0.457 e. The molecule has 0 aliphatic carbocycles. The average molecular weight is 221 g/mol. The van der Waals surface area contributed by atoms with Crippen LogP contribution in [0.1, 0.15) is 13.8 Å². The number of alkyl halides is 1. The number of aliphatic hydroxyl groups excluding tert-OH is 1. The highest BCUT2D eigenvalue weighted by Gasteiger charge is 2.45. The first kappa shape index (κ1) is 12.4. The van der Waals surface area contributed by atoms with E-state index in [1.165, 1.54) is 6.92 Å². The number of aliphatic hydroxyl groups is 1. The van der Waals surface area contributed by atoms with Gasteiger partial charge in [-0.25, -0.2) is 4.39 Å². The third kappa shape index (κ3) is 2.64. The van der Waals surface area contributed by atoms with Gasteiger partial charge in [-0.3, -0.25) is 4.79 Å². The Morgan fingerprint density at radius 1 is 1.60 bits per heavy atom. The van der Waals surface area contributed by atoms with Crippen LogP contribution in [0, 0.1) is 0 Å². The van der Waals surface area contributed by atoms with Crippen molar-refractivity contribution in [2.75, 3.05) is 7.05 Å². The second kappa shape index (κ2) is 4.87. The predicted molar refractivity (Wildman–Crippen MR) is 49.9 cm³/mol. The first-order valence-electron chi connectivity index (χ1n) is 4.79. The lowest BCUT2D eigenvalue weighted by Gasteiger charge is -2.40. The molecule has 1 heterocycles. The highest BCUT2D eigenvalue weighted by Crippen LogP contribution is 2.24. The van der Waals surface area contributed by atoms with Crippen molar-refractivity contribution in [3.63, 3.8) is 0 Å². The summed E-state index contributed by atoms with van der Waals surface area (Å²) in [4.78, 5) is 10.8. The fourth-order valence-electron chi connectivity index (χ4n) is 1.74. The molecule has 0 amide bonds. The van der Waals surface area contributed by atoms with Gasteiger partial charge in [0.2, 0.25) is 0 Å². The molecule has 1 rings (SSSR count). The molecule has 0 aromatic rings. The second-order valence-electron chi connectivity index (χ2n) is 3.56. The number of hydrogen-bond donors (Lipinski definition) is 2. The maximum absolute atomic E-state index is 13.5. The zero-order chi connectivity index (χ0) is 11.6. The normalized spacial score (nSPS) is 41.3. The van der Waals surface area contributed by atoms with Gasteiger partial charge in [0.15, 0.2) is 18.6 Å². The highest BCUT2D eigenvalue weighted by atomic mass is 19.1. The van der Waals surface area contributed by atoms with Crippen LogP contribution in [0.5, 0.6) is 0 Å². The highest BCUT2D eigenvalue weighted by molar-refractivity contribution is 5.66. The Hall–Kier alpha value is -0.720. The van der Waals surface area contributed by atoms with Crippen molar-refractivity contribution in [3.05, 3.63) is 0 Å². The van der Waals surface area contributed by atoms with Crippen LogP contribution in [-0.2, 0) is 14.3 Å². The van der Waals surface area contributed by atoms with Crippen molar-refractivity contribution in [2.24, 2.45) is 0 Å². The third-order valence-electron chi connectivity index (χ3n) is 2.44. The molecular formula is C9H16FNO4. The largest absolute Gasteiger partial charge is 0.457 e. The van der Waals surface area contributed by atoms with Crippen molar-refractivity contribution in [3.8, 4) is 0 Å². The number of ether oxygens (including phenoxy) is 2. The van der Waals surface area contributed by atoms with Crippen molar-refractivity contribution in [1.29, 1.82) is 0 Å². The van der Waals surface area contributed by atoms with E-state index < -0.39 is 36.7 Å². The van der Waals surface area contributed by atoms with Crippen molar-refractivity contribution >= 4 is 5.97 Å². The summed E-state index contributed by atoms with van der Waals surface area (Å²) < 4.78 is 23.3. The number of carbonyl (C=O) groups is 1. The van der Waals surface area contributed by atoms with Crippen LogP contribution in [0.15, 0.2) is 0 Å². The van der Waals surface area contributed by atoms with Crippen LogP contribution in [0.3, 0.4) is 0 Å². The van der Waals surface area contributed by atoms with Crippen LogP contribution >= 0.6 is 0 Å². The lowest BCUT2D eigenvalue weighted by Crippen LogP contribution is -2.60. The van der Waals surface area contributed by atoms with Gasteiger partial charge in [-0.05, 0) is 14.0 Å². The van der Waals surface area contributed by atoms with E-state index in [4.69, 9.17) is 9.47 Å². The molecule has 0 spiro atoms. The molecule has 2 N–H and O–H groups in total. The fraction of sp³-hybridized carbons (Fsp3) is 0.889. The first-order chi connectivity index (χ1) is 6.97. The Morgan fingerprint density at radius 2 is 2.20 bits per heavy atom. The van der Waals surface area contributed by atoms with E-state index in [-0.39, 0.29) is 0 Å². The maximum atomic E-state index is 13.5. The Balaban J connectivity index is 2.78. The molecule has 0 aromatic heterocycles. The van der Waals surface area contributed by atoms with Crippen LogP contribution in [0.25, 0.3) is 0 Å². The number of hydrogen-bond acceptors (Lipinski definition) is 5. The molecule has 5 atom stereocenters. The van der Waals surface area contributed by atoms with Gasteiger partial charge < -0.3 is 19.9 Å². The van der Waals surface area contributed by atoms with Crippen LogP contribution in [0.2, 0.25) is 0 Å². The predicted octanol–water partition coefficient (Wildman–Crippen LogP) is -0.419. The van der Waals surface area contributed by atoms with E-state index in [1.54, 1.807) is 14.0 Å². The lowest BCUT2D eigenvalue weighted by molar-refractivity contribution is -0.240. The first-order valence-corrected chi connectivity index (χ1v) is 4.79. The van der Waals surface area contributed by atoms with E-state index >= 15 is 0 Å². The van der Waals surface area contributed by atoms with Crippen molar-refractivity contribution in [1.82, 2.24) is 5.32 Å². The van der Waals surface area contributed by atoms with E-state index in [0.29, 0.717) is 0 Å². The second-order valence-corrected chi connectivity index (χ2v) is 3.56. The van der Waals surface area contributed by atoms with Gasteiger partial charge in [0.1, 0.15) is 0 Å². The van der Waals surface area contributed by atoms with Gasteiger partial charge in [0.25, 0.3) is 0 Å². The molecular weight excluding hydrogens is 205 g/mol. The summed E-state index contributed by atoms with van der Waals surface area (Å²) in [6, 6.07) is -0.465. The van der Waals surface area contributed by atoms with E-state index in [1.807, 2.05) is 0 Å². The Labute approximate surface area is 87.6 Å². The minimum absolute atomic E-state index is 0.429. The molecule has 1 saturated heterocycles. The molecule has 1 aliphatic rings. The average Bonchev–Trinajstić information content (AvgIpc) is 2.13. The third-order valence-corrected chi connectivity index (χ3v) is 2.44. The van der Waals surface area contributed by atoms with Crippen molar-refractivity contribution < 1.29 is 23.8 Å². The number of carbonyl (C=O) groups excluding carboxylic acids is 1. The van der Waals surface area contributed by atoms with E-state index in [2.05, 4.69) is 5.32 Å². The molecule has 6 heteroatoms. The van der Waals surface area contributed by atoms with E-state index in [9.17, 15) is 14.3 Å². The fourth-order valence-corrected chi connectivity index (χ4v) is 1.74. The Morgan fingerprint density at radius 3 is 2.67 bits per heavy atom. The lowest BCUT2D eigenvalue weighted by atomic mass is 9.98. The molecule has 1 fully saturated rings. The number of halogens is 1. The number of likely N-dealkylation sites (N-methyl/N-ethyl adjacent to an activating group) is 1. The summed E-state index contributed by atoms with van der Waals surface area (Å²) in [5.41, 5.74) is 0. The molecule has 0 radical (unpaired) electrons. The summed E-state index contributed by atoms with van der Waals surface area (Å²) in [7, 11) is 1.62. The summed E-state index contributed by atoms with van der Waals surface area (Å²) in [5.74, 6) is -0.579. The molecule has 5 nitrogen and oxygen atoms in total. The van der Waals surface area contributed by atoms with Gasteiger partial charge >= 0.3 is 5.97 Å². The van der Waals surface area contributed by atoms with Gasteiger partial charge in [0, 0.05) is 6.92 Å². The van der Waals surface area contributed by atoms with Gasteiger partial charge in [-0.2, -0.15) is 0 Å². The van der Waals surface area contributed by atoms with Gasteiger partial charge in [-0.15, -0.1) is 0 Å². The molecule has 1 aliphatic heterocycles. The molecule has 15 heavy (non-hydrogen) atoms. The summed E-state index contributed by atoms with van der Waals surface area (Å²) in [5, 5.41) is 12.0. The molecule has 88 valence electrons. The molecule has 0 aromatic carbocycles. The summed E-state index contributed by atoms with van der Waals surface area (Å²) in [6.45, 7) is 2.87. The van der Waals surface area contributed by atoms with Crippen LogP contribution < -0.4 is 5.32 Å². The minimum atomic E-state index is -1.73. The smallest absolute Gasteiger partial charge is 0.303 e. The molecule has 0 bridgehead atoms. The zero-order valence-corrected chi connectivity index (χ0v) is 8.94. The van der Waals surface area contributed by atoms with Crippen LogP contribution in [-0.4, -0.2) is 48.8 Å². The summed E-state index contributed by atoms with van der Waals surface area (Å²) in [6.07, 6.45) is -4.73. The quantitative estimate of drug-likeness (QED) is 0.620. The Bertz CT molecular complexity index is 238. The van der Waals surface area contributed by atoms with E-state index in [0.717, 1.165) is 0 Å². The van der Waals surface area contributed by atoms with Gasteiger partial charge in [0.05, 0.1) is 12.1 Å². The summed E-state index contributed by atoms with van der Waals surface area (Å²) >= 11 is 0. The number of rotatable bonds is 2. The zero-order valence-electron chi connectivity index (χ0n) is 8.94. The van der Waals surface area contributed by atoms with Crippen molar-refractivity contribution in [2.45, 2.75) is 44.6 Å². The topological polar surface area (TPSA) is 67.8 Å². The molecule has 0 saturated carbocycles. The van der Waals surface area contributed by atoms with Gasteiger partial charge in [-0.1, -0.05) is 0 Å². The number of nitrogens with one attached hydrogen (secondary N) is 1. The standard InChI is InChI=1S/C9H16FNO4/c1-4-7(11-3)8(15-5(2)12)6(10)9(13)14-4/h4,6-9,11,13H,1-3H3. The van der Waals surface area contributed by atoms with Crippen LogP contribution in [0.4, 0.5) is 4.39 Å². The maximum Gasteiger partial charge on any atom is 0.303 e. The SMILES string of the molecule is CNC1C(C)OC(O)C(F)C1OC(C)=O. The Kier molecular flexibility index (Phi) is 4.01. The monoisotopic (exact) mass is 221 g/mol.